The van der Waals surface area contributed by atoms with Gasteiger partial charge in [0.05, 0.1) is 5.56 Å². The molecular weight excluding hydrogens is 298 g/mol. The molecule has 0 aliphatic carbocycles. The number of rotatable bonds is 2. The van der Waals surface area contributed by atoms with Crippen molar-refractivity contribution in [2.24, 2.45) is 0 Å². The van der Waals surface area contributed by atoms with Crippen molar-refractivity contribution in [3.05, 3.63) is 29.3 Å². The van der Waals surface area contributed by atoms with Crippen LogP contribution in [0.3, 0.4) is 0 Å². The van der Waals surface area contributed by atoms with Crippen LogP contribution in [0.5, 0.6) is 5.75 Å². The second kappa shape index (κ2) is 6.48. The third-order valence-electron chi connectivity index (χ3n) is 3.73. The number of phenols is 1. The minimum absolute atomic E-state index is 0.0125. The Morgan fingerprint density at radius 2 is 1.96 bits per heavy atom. The van der Waals surface area contributed by atoms with E-state index in [1.165, 1.54) is 6.07 Å². The highest BCUT2D eigenvalue weighted by molar-refractivity contribution is 5.88. The van der Waals surface area contributed by atoms with E-state index in [4.69, 9.17) is 9.84 Å². The van der Waals surface area contributed by atoms with Gasteiger partial charge < -0.3 is 19.8 Å². The van der Waals surface area contributed by atoms with Crippen molar-refractivity contribution >= 4 is 12.1 Å². The van der Waals surface area contributed by atoms with E-state index in [-0.39, 0.29) is 23.3 Å². The molecule has 23 heavy (non-hydrogen) atoms. The van der Waals surface area contributed by atoms with Crippen molar-refractivity contribution < 1.29 is 24.5 Å². The summed E-state index contributed by atoms with van der Waals surface area (Å²) in [6.45, 7) is 6.54. The Hall–Kier alpha value is -2.24. The molecular formula is C17H23NO5. The van der Waals surface area contributed by atoms with Crippen LogP contribution in [0.4, 0.5) is 4.79 Å². The summed E-state index contributed by atoms with van der Waals surface area (Å²) in [4.78, 5) is 25.0. The SMILES string of the molecule is CC(C)(C)OC(=O)N1CCCC(c2cc(O)cc(C(=O)O)c2)C1. The molecule has 1 unspecified atom stereocenters. The first-order chi connectivity index (χ1) is 10.7. The summed E-state index contributed by atoms with van der Waals surface area (Å²) in [7, 11) is 0. The fourth-order valence-corrected chi connectivity index (χ4v) is 2.74. The lowest BCUT2D eigenvalue weighted by Crippen LogP contribution is -2.42. The maximum Gasteiger partial charge on any atom is 0.410 e. The number of ether oxygens (including phenoxy) is 1. The van der Waals surface area contributed by atoms with Gasteiger partial charge in [0.2, 0.25) is 0 Å². The van der Waals surface area contributed by atoms with Gasteiger partial charge in [-0.05, 0) is 57.4 Å². The fraction of sp³-hybridized carbons (Fsp3) is 0.529. The lowest BCUT2D eigenvalue weighted by atomic mass is 9.89. The standard InChI is InChI=1S/C17H23NO5/c1-17(2,3)23-16(22)18-6-4-5-11(10-18)12-7-13(15(20)21)9-14(19)8-12/h7-9,11,19H,4-6,10H2,1-3H3,(H,20,21). The second-order valence-corrected chi connectivity index (χ2v) is 6.88. The van der Waals surface area contributed by atoms with E-state index in [9.17, 15) is 14.7 Å². The van der Waals surface area contributed by atoms with E-state index >= 15 is 0 Å². The number of piperidine rings is 1. The van der Waals surface area contributed by atoms with E-state index < -0.39 is 11.6 Å². The zero-order chi connectivity index (χ0) is 17.2. The maximum atomic E-state index is 12.2. The van der Waals surface area contributed by atoms with Gasteiger partial charge in [0, 0.05) is 19.0 Å². The lowest BCUT2D eigenvalue weighted by molar-refractivity contribution is 0.0198. The largest absolute Gasteiger partial charge is 0.508 e. The number of aromatic carboxylic acids is 1. The summed E-state index contributed by atoms with van der Waals surface area (Å²) in [6.07, 6.45) is 1.28. The molecule has 6 heteroatoms. The van der Waals surface area contributed by atoms with Crippen LogP contribution in [0.2, 0.25) is 0 Å². The number of benzene rings is 1. The third-order valence-corrected chi connectivity index (χ3v) is 3.73. The molecule has 0 radical (unpaired) electrons. The van der Waals surface area contributed by atoms with Crippen molar-refractivity contribution in [3.8, 4) is 5.75 Å². The van der Waals surface area contributed by atoms with Crippen LogP contribution in [0.25, 0.3) is 0 Å². The number of hydrogen-bond donors (Lipinski definition) is 2. The zero-order valence-corrected chi connectivity index (χ0v) is 13.7. The Bertz CT molecular complexity index is 605. The van der Waals surface area contributed by atoms with Crippen LogP contribution < -0.4 is 0 Å². The summed E-state index contributed by atoms with van der Waals surface area (Å²) in [6, 6.07) is 4.35. The Labute approximate surface area is 135 Å². The summed E-state index contributed by atoms with van der Waals surface area (Å²) in [5.41, 5.74) is 0.232. The number of phenolic OH excluding ortho intramolecular Hbond substituents is 1. The topological polar surface area (TPSA) is 87.1 Å². The fourth-order valence-electron chi connectivity index (χ4n) is 2.74. The van der Waals surface area contributed by atoms with Gasteiger partial charge >= 0.3 is 12.1 Å². The number of aromatic hydroxyl groups is 1. The van der Waals surface area contributed by atoms with Crippen LogP contribution >= 0.6 is 0 Å². The molecule has 1 fully saturated rings. The lowest BCUT2D eigenvalue weighted by Gasteiger charge is -2.34. The van der Waals surface area contributed by atoms with Crippen molar-refractivity contribution in [2.75, 3.05) is 13.1 Å². The quantitative estimate of drug-likeness (QED) is 0.873. The first-order valence-electron chi connectivity index (χ1n) is 7.71. The molecule has 0 saturated carbocycles. The smallest absolute Gasteiger partial charge is 0.410 e. The van der Waals surface area contributed by atoms with Crippen molar-refractivity contribution in [3.63, 3.8) is 0 Å². The number of nitrogens with zero attached hydrogens (tertiary/aromatic N) is 1. The van der Waals surface area contributed by atoms with Gasteiger partial charge in [0.15, 0.2) is 0 Å². The summed E-state index contributed by atoms with van der Waals surface area (Å²) >= 11 is 0. The zero-order valence-electron chi connectivity index (χ0n) is 13.7. The number of carbonyl (C=O) groups excluding carboxylic acids is 1. The van der Waals surface area contributed by atoms with Crippen LogP contribution in [0.15, 0.2) is 18.2 Å². The Morgan fingerprint density at radius 1 is 1.26 bits per heavy atom. The molecule has 1 heterocycles. The molecule has 6 nitrogen and oxygen atoms in total. The highest BCUT2D eigenvalue weighted by Crippen LogP contribution is 2.30. The molecule has 126 valence electrons. The number of amides is 1. The molecule has 1 aliphatic heterocycles. The molecule has 1 atom stereocenters. The van der Waals surface area contributed by atoms with Gasteiger partial charge in [0.1, 0.15) is 11.4 Å². The highest BCUT2D eigenvalue weighted by Gasteiger charge is 2.28. The van der Waals surface area contributed by atoms with Crippen LogP contribution in [0.1, 0.15) is 55.5 Å². The highest BCUT2D eigenvalue weighted by atomic mass is 16.6. The molecule has 2 N–H and O–H groups in total. The average molecular weight is 321 g/mol. The van der Waals surface area contributed by atoms with Crippen LogP contribution in [0, 0.1) is 0 Å². The van der Waals surface area contributed by atoms with E-state index in [2.05, 4.69) is 0 Å². The molecule has 1 amide bonds. The van der Waals surface area contributed by atoms with Gasteiger partial charge in [-0.2, -0.15) is 0 Å². The molecule has 1 saturated heterocycles. The van der Waals surface area contributed by atoms with E-state index in [1.54, 1.807) is 17.0 Å². The number of likely N-dealkylation sites (tertiary alicyclic amines) is 1. The van der Waals surface area contributed by atoms with Crippen molar-refractivity contribution in [1.82, 2.24) is 4.90 Å². The molecule has 0 spiro atoms. The first-order valence-corrected chi connectivity index (χ1v) is 7.71. The monoisotopic (exact) mass is 321 g/mol. The third kappa shape index (κ3) is 4.61. The van der Waals surface area contributed by atoms with Gasteiger partial charge in [0.25, 0.3) is 0 Å². The number of carboxylic acid groups (broad SMARTS) is 1. The summed E-state index contributed by atoms with van der Waals surface area (Å²) in [5, 5.41) is 18.8. The minimum atomic E-state index is -1.08. The van der Waals surface area contributed by atoms with E-state index in [1.807, 2.05) is 20.8 Å². The molecule has 2 rings (SSSR count). The Balaban J connectivity index is 2.15. The van der Waals surface area contributed by atoms with Gasteiger partial charge in [-0.3, -0.25) is 0 Å². The van der Waals surface area contributed by atoms with Crippen LogP contribution in [-0.4, -0.2) is 45.9 Å². The van der Waals surface area contributed by atoms with Crippen molar-refractivity contribution in [2.45, 2.75) is 45.1 Å². The predicted molar refractivity (Wildman–Crippen MR) is 84.8 cm³/mol. The molecule has 0 aromatic heterocycles. The maximum absolute atomic E-state index is 12.2. The summed E-state index contributed by atoms with van der Waals surface area (Å²) in [5.74, 6) is -1.17. The number of carbonyl (C=O) groups is 2. The number of carboxylic acids is 1. The second-order valence-electron chi connectivity index (χ2n) is 6.88. The Morgan fingerprint density at radius 3 is 2.57 bits per heavy atom. The molecule has 1 aromatic carbocycles. The molecule has 0 bridgehead atoms. The first kappa shape index (κ1) is 17.1. The minimum Gasteiger partial charge on any atom is -0.508 e. The molecule has 1 aliphatic rings. The molecule has 1 aromatic rings. The van der Waals surface area contributed by atoms with Crippen molar-refractivity contribution in [1.29, 1.82) is 0 Å². The summed E-state index contributed by atoms with van der Waals surface area (Å²) < 4.78 is 5.39. The normalized spacial score (nSPS) is 18.6. The van der Waals surface area contributed by atoms with E-state index in [0.717, 1.165) is 18.4 Å². The average Bonchev–Trinajstić information content (AvgIpc) is 2.45. The van der Waals surface area contributed by atoms with Crippen LogP contribution in [-0.2, 0) is 4.74 Å². The van der Waals surface area contributed by atoms with Gasteiger partial charge in [-0.15, -0.1) is 0 Å². The van der Waals surface area contributed by atoms with E-state index in [0.29, 0.717) is 13.1 Å². The van der Waals surface area contributed by atoms with Gasteiger partial charge in [-0.25, -0.2) is 9.59 Å². The Kier molecular flexibility index (Phi) is 4.82. The number of hydrogen-bond acceptors (Lipinski definition) is 4. The van der Waals surface area contributed by atoms with Gasteiger partial charge in [-0.1, -0.05) is 0 Å². The predicted octanol–water partition coefficient (Wildman–Crippen LogP) is 3.20.